The lowest BCUT2D eigenvalue weighted by Crippen LogP contribution is -2.38. The Morgan fingerprint density at radius 3 is 2.57 bits per heavy atom. The molecule has 2 atom stereocenters. The summed E-state index contributed by atoms with van der Waals surface area (Å²) in [6.45, 7) is 9.21. The summed E-state index contributed by atoms with van der Waals surface area (Å²) in [7, 11) is 5.93. The molecule has 0 radical (unpaired) electrons. The Kier molecular flexibility index (Phi) is 7.87. The van der Waals surface area contributed by atoms with Crippen LogP contribution in [0.1, 0.15) is 32.5 Å². The van der Waals surface area contributed by atoms with E-state index in [1.54, 1.807) is 7.11 Å². The molecule has 0 fully saturated rings. The summed E-state index contributed by atoms with van der Waals surface area (Å²) >= 11 is 3.65. The first-order valence-corrected chi connectivity index (χ1v) is 8.33. The Hall–Kier alpha value is -0.430. The van der Waals surface area contributed by atoms with Gasteiger partial charge in [0.1, 0.15) is 0 Å². The fraction of sp³-hybridized carbons (Fsp3) is 0.800. The fourth-order valence-corrected chi connectivity index (χ4v) is 3.08. The van der Waals surface area contributed by atoms with Crippen molar-refractivity contribution in [1.29, 1.82) is 0 Å². The Labute approximate surface area is 137 Å². The molecule has 0 aliphatic heterocycles. The van der Waals surface area contributed by atoms with Crippen molar-refractivity contribution >= 4 is 15.9 Å². The molecule has 122 valence electrons. The smallest absolute Gasteiger partial charge is 0.0804 e. The normalized spacial score (nSPS) is 14.9. The van der Waals surface area contributed by atoms with Crippen LogP contribution < -0.4 is 5.32 Å². The minimum Gasteiger partial charge on any atom is -0.379 e. The average Bonchev–Trinajstić information content (AvgIpc) is 2.77. The quantitative estimate of drug-likeness (QED) is 0.734. The number of ether oxygens (including phenoxy) is 1. The van der Waals surface area contributed by atoms with Crippen LogP contribution in [0.4, 0.5) is 0 Å². The van der Waals surface area contributed by atoms with Crippen LogP contribution in [0.15, 0.2) is 10.7 Å². The van der Waals surface area contributed by atoms with E-state index in [4.69, 9.17) is 4.74 Å². The van der Waals surface area contributed by atoms with Gasteiger partial charge in [0.2, 0.25) is 0 Å². The molecule has 0 spiro atoms. The topological polar surface area (TPSA) is 42.3 Å². The first-order chi connectivity index (χ1) is 9.92. The molecule has 0 saturated heterocycles. The van der Waals surface area contributed by atoms with Crippen LogP contribution >= 0.6 is 15.9 Å². The van der Waals surface area contributed by atoms with E-state index in [1.165, 1.54) is 5.69 Å². The molecular weight excluding hydrogens is 332 g/mol. The van der Waals surface area contributed by atoms with Gasteiger partial charge in [0.15, 0.2) is 0 Å². The Balaban J connectivity index is 3.09. The highest BCUT2D eigenvalue weighted by Gasteiger charge is 2.30. The van der Waals surface area contributed by atoms with Crippen molar-refractivity contribution in [1.82, 2.24) is 20.0 Å². The van der Waals surface area contributed by atoms with Crippen LogP contribution in [-0.4, -0.2) is 55.1 Å². The maximum Gasteiger partial charge on any atom is 0.0804 e. The zero-order valence-corrected chi connectivity index (χ0v) is 15.6. The number of methoxy groups -OCH3 is 1. The van der Waals surface area contributed by atoms with Gasteiger partial charge >= 0.3 is 0 Å². The van der Waals surface area contributed by atoms with Gasteiger partial charge in [-0.1, -0.05) is 20.8 Å². The number of aromatic nitrogens is 2. The minimum absolute atomic E-state index is 0.107. The van der Waals surface area contributed by atoms with Crippen molar-refractivity contribution in [3.63, 3.8) is 0 Å². The van der Waals surface area contributed by atoms with Gasteiger partial charge in [0, 0.05) is 13.7 Å². The molecule has 0 aliphatic rings. The van der Waals surface area contributed by atoms with E-state index < -0.39 is 0 Å². The Morgan fingerprint density at radius 1 is 1.43 bits per heavy atom. The van der Waals surface area contributed by atoms with Gasteiger partial charge in [0.25, 0.3) is 0 Å². The molecule has 0 bridgehead atoms. The number of nitrogens with zero attached hydrogens (tertiary/aromatic N) is 3. The molecule has 0 aromatic carbocycles. The molecule has 0 aliphatic carbocycles. The molecule has 1 rings (SSSR count). The van der Waals surface area contributed by atoms with Crippen molar-refractivity contribution in [3.05, 3.63) is 16.4 Å². The number of rotatable bonds is 9. The third-order valence-electron chi connectivity index (χ3n) is 3.57. The number of nitrogens with one attached hydrogen (secondary N) is 1. The molecule has 1 heterocycles. The van der Waals surface area contributed by atoms with Gasteiger partial charge in [-0.05, 0) is 42.5 Å². The van der Waals surface area contributed by atoms with Crippen LogP contribution in [0.25, 0.3) is 0 Å². The highest BCUT2D eigenvalue weighted by atomic mass is 79.9. The first-order valence-electron chi connectivity index (χ1n) is 7.54. The average molecular weight is 361 g/mol. The van der Waals surface area contributed by atoms with E-state index in [1.807, 2.05) is 6.20 Å². The van der Waals surface area contributed by atoms with E-state index in [2.05, 4.69) is 70.8 Å². The van der Waals surface area contributed by atoms with Gasteiger partial charge in [-0.15, -0.1) is 0 Å². The summed E-state index contributed by atoms with van der Waals surface area (Å²) in [6, 6.07) is 0.124. The van der Waals surface area contributed by atoms with E-state index in [-0.39, 0.29) is 12.1 Å². The van der Waals surface area contributed by atoms with Crippen LogP contribution in [0.5, 0.6) is 0 Å². The van der Waals surface area contributed by atoms with E-state index in [0.717, 1.165) is 24.1 Å². The van der Waals surface area contributed by atoms with Crippen molar-refractivity contribution < 1.29 is 4.74 Å². The monoisotopic (exact) mass is 360 g/mol. The van der Waals surface area contributed by atoms with Gasteiger partial charge in [-0.2, -0.15) is 5.10 Å². The first kappa shape index (κ1) is 18.6. The predicted octanol–water partition coefficient (Wildman–Crippen LogP) is 2.53. The van der Waals surface area contributed by atoms with Gasteiger partial charge in [0.05, 0.1) is 35.1 Å². The third kappa shape index (κ3) is 5.06. The predicted molar refractivity (Wildman–Crippen MR) is 90.5 cm³/mol. The second-order valence-corrected chi connectivity index (χ2v) is 6.74. The van der Waals surface area contributed by atoms with Crippen LogP contribution in [0.2, 0.25) is 0 Å². The maximum atomic E-state index is 5.75. The molecule has 6 heteroatoms. The molecule has 5 nitrogen and oxygen atoms in total. The van der Waals surface area contributed by atoms with Gasteiger partial charge < -0.3 is 15.0 Å². The highest BCUT2D eigenvalue weighted by Crippen LogP contribution is 2.30. The summed E-state index contributed by atoms with van der Waals surface area (Å²) in [6.07, 6.45) is 1.98. The number of halogens is 1. The Morgan fingerprint density at radius 2 is 2.10 bits per heavy atom. The molecule has 0 saturated carbocycles. The molecule has 1 aromatic heterocycles. The summed E-state index contributed by atoms with van der Waals surface area (Å²) in [5, 5.41) is 8.07. The molecule has 2 unspecified atom stereocenters. The summed E-state index contributed by atoms with van der Waals surface area (Å²) < 4.78 is 8.86. The second kappa shape index (κ2) is 8.88. The molecule has 1 aromatic rings. The summed E-state index contributed by atoms with van der Waals surface area (Å²) in [4.78, 5) is 2.16. The zero-order valence-electron chi connectivity index (χ0n) is 14.1. The number of likely N-dealkylation sites (N-methyl/N-ethyl adjacent to an activating group) is 2. The molecule has 21 heavy (non-hydrogen) atoms. The van der Waals surface area contributed by atoms with Gasteiger partial charge in [-0.3, -0.25) is 4.68 Å². The van der Waals surface area contributed by atoms with Crippen LogP contribution in [-0.2, 0) is 11.3 Å². The van der Waals surface area contributed by atoms with E-state index in [9.17, 15) is 0 Å². The van der Waals surface area contributed by atoms with Gasteiger partial charge in [-0.25, -0.2) is 0 Å². The van der Waals surface area contributed by atoms with Crippen LogP contribution in [0.3, 0.4) is 0 Å². The second-order valence-electron chi connectivity index (χ2n) is 5.88. The fourth-order valence-electron chi connectivity index (χ4n) is 2.54. The lowest BCUT2D eigenvalue weighted by atomic mass is 9.96. The maximum absolute atomic E-state index is 5.75. The van der Waals surface area contributed by atoms with Crippen LogP contribution in [0, 0.1) is 5.92 Å². The lowest BCUT2D eigenvalue weighted by Gasteiger charge is -2.30. The van der Waals surface area contributed by atoms with Crippen molar-refractivity contribution in [2.75, 3.05) is 34.3 Å². The highest BCUT2D eigenvalue weighted by molar-refractivity contribution is 9.10. The van der Waals surface area contributed by atoms with E-state index in [0.29, 0.717) is 5.92 Å². The van der Waals surface area contributed by atoms with Crippen molar-refractivity contribution in [3.8, 4) is 0 Å². The molecule has 1 N–H and O–H groups in total. The van der Waals surface area contributed by atoms with E-state index >= 15 is 0 Å². The number of hydrogen-bond acceptors (Lipinski definition) is 4. The Bertz CT molecular complexity index is 420. The standard InChI is InChI=1S/C15H29BrN4O/c1-7-17-13(15(21-6)11(2)3)14-12(16)10-18-20(14)9-8-19(4)5/h10-11,13,15,17H,7-9H2,1-6H3. The zero-order chi connectivity index (χ0) is 16.0. The third-order valence-corrected chi connectivity index (χ3v) is 4.18. The van der Waals surface area contributed by atoms with Crippen molar-refractivity contribution in [2.45, 2.75) is 39.5 Å². The number of hydrogen-bond donors (Lipinski definition) is 1. The summed E-state index contributed by atoms with van der Waals surface area (Å²) in [5.74, 6) is 0.420. The largest absolute Gasteiger partial charge is 0.379 e. The molecule has 0 amide bonds. The SMILES string of the molecule is CCNC(c1c(Br)cnn1CCN(C)C)C(OC)C(C)C. The minimum atomic E-state index is 0.107. The molecular formula is C15H29BrN4O. The van der Waals surface area contributed by atoms with Crippen molar-refractivity contribution in [2.24, 2.45) is 5.92 Å². The summed E-state index contributed by atoms with van der Waals surface area (Å²) in [5.41, 5.74) is 1.17. The lowest BCUT2D eigenvalue weighted by molar-refractivity contribution is 0.0302.